The Morgan fingerprint density at radius 3 is 1.35 bits per heavy atom. The first-order valence-electron chi connectivity index (χ1n) is 27.2. The molecule has 4 aromatic rings. The number of benzene rings is 4. The molecule has 0 aromatic heterocycles. The third-order valence-corrected chi connectivity index (χ3v) is 28.5. The molecular formula is C63H84O4P2. The first kappa shape index (κ1) is 49.6. The van der Waals surface area contributed by atoms with E-state index in [0.717, 1.165) is 102 Å². The van der Waals surface area contributed by atoms with Gasteiger partial charge in [-0.05, 0) is 198 Å². The molecule has 0 spiro atoms. The molecule has 0 saturated heterocycles. The summed E-state index contributed by atoms with van der Waals surface area (Å²) in [4.78, 5) is 0. The van der Waals surface area contributed by atoms with Crippen LogP contribution in [-0.2, 0) is 9.13 Å². The van der Waals surface area contributed by atoms with Crippen LogP contribution >= 0.6 is 14.3 Å². The van der Waals surface area contributed by atoms with Crippen LogP contribution in [0.1, 0.15) is 144 Å². The van der Waals surface area contributed by atoms with Gasteiger partial charge in [0.05, 0.1) is 11.2 Å². The average Bonchev–Trinajstić information content (AvgIpc) is 3.91. The van der Waals surface area contributed by atoms with Gasteiger partial charge in [-0.3, -0.25) is 0 Å². The van der Waals surface area contributed by atoms with E-state index in [-0.39, 0.29) is 23.9 Å². The maximum absolute atomic E-state index is 15.3. The number of rotatable bonds is 6. The summed E-state index contributed by atoms with van der Waals surface area (Å²) in [5.41, 5.74) is -0.518. The lowest BCUT2D eigenvalue weighted by atomic mass is 9.50. The highest BCUT2D eigenvalue weighted by Crippen LogP contribution is 2.72. The van der Waals surface area contributed by atoms with Crippen LogP contribution in [0.15, 0.2) is 133 Å². The molecule has 8 aliphatic rings. The molecule has 7 fully saturated rings. The van der Waals surface area contributed by atoms with Crippen LogP contribution in [0.25, 0.3) is 0 Å². The van der Waals surface area contributed by atoms with Crippen LogP contribution in [0, 0.1) is 70.0 Å². The van der Waals surface area contributed by atoms with Crippen LogP contribution in [0.3, 0.4) is 0 Å². The lowest BCUT2D eigenvalue weighted by molar-refractivity contribution is -0.0934. The second-order valence-electron chi connectivity index (χ2n) is 24.9. The van der Waals surface area contributed by atoms with E-state index in [1.54, 1.807) is 0 Å². The molecule has 0 unspecified atom stereocenters. The van der Waals surface area contributed by atoms with Crippen LogP contribution in [0.2, 0.25) is 0 Å². The fourth-order valence-electron chi connectivity index (χ4n) is 18.3. The summed E-state index contributed by atoms with van der Waals surface area (Å²) in [7, 11) is -5.64. The highest BCUT2D eigenvalue weighted by molar-refractivity contribution is 7.82. The van der Waals surface area contributed by atoms with Gasteiger partial charge in [0.25, 0.3) is 0 Å². The minimum Gasteiger partial charge on any atom is -0.390 e. The monoisotopic (exact) mass is 967 g/mol. The highest BCUT2D eigenvalue weighted by Gasteiger charge is 2.62. The summed E-state index contributed by atoms with van der Waals surface area (Å²) in [5.74, 6) is 7.41. The third-order valence-electron chi connectivity index (χ3n) is 21.3. The molecule has 69 heavy (non-hydrogen) atoms. The van der Waals surface area contributed by atoms with Gasteiger partial charge < -0.3 is 19.3 Å². The lowest BCUT2D eigenvalue weighted by Gasteiger charge is -2.57. The molecule has 12 rings (SSSR count). The number of hydrogen-bond donors (Lipinski definition) is 2. The summed E-state index contributed by atoms with van der Waals surface area (Å²) >= 11 is 0. The maximum atomic E-state index is 15.3. The van der Waals surface area contributed by atoms with Gasteiger partial charge in [0.2, 0.25) is 0 Å². The van der Waals surface area contributed by atoms with Crippen molar-refractivity contribution in [3.8, 4) is 0 Å². The smallest absolute Gasteiger partial charge is 0.167 e. The molecule has 0 bridgehead atoms. The van der Waals surface area contributed by atoms with Gasteiger partial charge in [-0.15, -0.1) is 0 Å². The Kier molecular flexibility index (Phi) is 13.5. The highest BCUT2D eigenvalue weighted by atomic mass is 31.2. The van der Waals surface area contributed by atoms with Gasteiger partial charge in [-0.1, -0.05) is 149 Å². The fraction of sp³-hybridized carbons (Fsp3) is 0.587. The molecule has 8 aliphatic carbocycles. The predicted molar refractivity (Wildman–Crippen MR) is 289 cm³/mol. The molecule has 4 aromatic carbocycles. The zero-order chi connectivity index (χ0) is 47.1. The molecule has 0 amide bonds. The number of allylic oxidation sites excluding steroid dienone is 2. The number of fused-ring (bicyclic) bond motifs is 10. The second kappa shape index (κ2) is 18.8. The van der Waals surface area contributed by atoms with Gasteiger partial charge in [-0.25, -0.2) is 0 Å². The molecule has 0 aliphatic heterocycles. The zero-order valence-corrected chi connectivity index (χ0v) is 43.4. The SMILES string of the molecule is C.C[C@@]1(O)CC[C@H]2[C@H](CC[C@@H]3[C@@H]2CC[C@@]2(C)[C@H]3CC[C@@H]2P(=O)(c2ccccc2)c2ccccc2)C1.C[C@@]1(O)CC[C@H]2[C@H](CC[C@@H]3[C@@H]2CC[C@]2(C)C(P(=O)(c4ccccc4)c4ccccc4)=CC[C@@H]32)C1. The molecule has 2 N–H and O–H groups in total. The molecular weight excluding hydrogens is 883 g/mol. The van der Waals surface area contributed by atoms with Crippen molar-refractivity contribution < 1.29 is 19.3 Å². The molecule has 4 nitrogen and oxygen atoms in total. The van der Waals surface area contributed by atoms with Crippen molar-refractivity contribution in [1.29, 1.82) is 0 Å². The third kappa shape index (κ3) is 8.42. The molecule has 0 radical (unpaired) electrons. The average molecular weight is 967 g/mol. The Hall–Kier alpha value is -3.00. The minimum absolute atomic E-state index is 0. The lowest BCUT2D eigenvalue weighted by Crippen LogP contribution is -2.51. The standard InChI is InChI=1S/C31H41O2P.C31H39O2P.CH4/c2*1-30(32)19-17-25-22(21-30)13-14-27-26(25)18-20-31(2)28(27)15-16-29(31)34(33,23-9-5-3-6-10-23)24-11-7-4-8-12-24;/h3-12,22,25-29,32H,13-21H2,1-2H3;3-12,16,22,25-28,32H,13-15,17-21H2,1-2H3;1H4/t22-,25+,26-,27-,28+,29+,30-,31+;22-,25+,26-,27-,28+,30-,31+;/m11./s1. The quantitative estimate of drug-likeness (QED) is 0.189. The summed E-state index contributed by atoms with van der Waals surface area (Å²) in [6, 6.07) is 41.4. The van der Waals surface area contributed by atoms with Crippen molar-refractivity contribution in [3.05, 3.63) is 133 Å². The van der Waals surface area contributed by atoms with E-state index in [1.807, 2.05) is 55.5 Å². The van der Waals surface area contributed by atoms with Crippen LogP contribution in [-0.4, -0.2) is 27.1 Å². The summed E-state index contributed by atoms with van der Waals surface area (Å²) in [6.45, 7) is 9.06. The summed E-state index contributed by atoms with van der Waals surface area (Å²) in [6.07, 6.45) is 22.2. The topological polar surface area (TPSA) is 74.6 Å². The van der Waals surface area contributed by atoms with Crippen molar-refractivity contribution in [2.75, 3.05) is 0 Å². The predicted octanol–water partition coefficient (Wildman–Crippen LogP) is 14.3. The van der Waals surface area contributed by atoms with Gasteiger partial charge in [-0.2, -0.15) is 0 Å². The van der Waals surface area contributed by atoms with Crippen molar-refractivity contribution in [2.45, 2.75) is 161 Å². The van der Waals surface area contributed by atoms with E-state index >= 15 is 9.13 Å². The van der Waals surface area contributed by atoms with Crippen molar-refractivity contribution in [1.82, 2.24) is 0 Å². The van der Waals surface area contributed by atoms with E-state index in [0.29, 0.717) is 23.7 Å². The molecule has 15 atom stereocenters. The van der Waals surface area contributed by atoms with Crippen LogP contribution in [0.5, 0.6) is 0 Å². The van der Waals surface area contributed by atoms with Crippen molar-refractivity contribution >= 4 is 35.5 Å². The Balaban J connectivity index is 0.000000158. The minimum atomic E-state index is -2.89. The van der Waals surface area contributed by atoms with Crippen molar-refractivity contribution in [2.24, 2.45) is 70.0 Å². The first-order chi connectivity index (χ1) is 32.7. The largest absolute Gasteiger partial charge is 0.390 e. The summed E-state index contributed by atoms with van der Waals surface area (Å²) in [5, 5.41) is 26.7. The van der Waals surface area contributed by atoms with E-state index in [2.05, 4.69) is 99.6 Å². The van der Waals surface area contributed by atoms with E-state index in [1.165, 1.54) is 69.5 Å². The zero-order valence-electron chi connectivity index (χ0n) is 41.6. The van der Waals surface area contributed by atoms with E-state index < -0.39 is 25.5 Å². The van der Waals surface area contributed by atoms with Crippen LogP contribution < -0.4 is 21.2 Å². The first-order valence-corrected chi connectivity index (χ1v) is 30.7. The van der Waals surface area contributed by atoms with Gasteiger partial charge in [0, 0.05) is 26.9 Å². The summed E-state index contributed by atoms with van der Waals surface area (Å²) < 4.78 is 30.6. The molecule has 7 saturated carbocycles. The molecule has 0 heterocycles. The Morgan fingerprint density at radius 2 is 0.870 bits per heavy atom. The second-order valence-corrected chi connectivity index (χ2v) is 30.6. The molecule has 370 valence electrons. The number of aliphatic hydroxyl groups is 2. The van der Waals surface area contributed by atoms with Gasteiger partial charge in [0.15, 0.2) is 7.14 Å². The van der Waals surface area contributed by atoms with Crippen molar-refractivity contribution in [3.63, 3.8) is 0 Å². The molecule has 6 heteroatoms. The fourth-order valence-corrected chi connectivity index (χ4v) is 25.6. The Bertz CT molecular complexity index is 2410. The Morgan fingerprint density at radius 1 is 0.449 bits per heavy atom. The normalized spacial score (nSPS) is 40.1. The van der Waals surface area contributed by atoms with Gasteiger partial charge >= 0.3 is 0 Å². The van der Waals surface area contributed by atoms with E-state index in [9.17, 15) is 10.2 Å². The Labute approximate surface area is 416 Å². The maximum Gasteiger partial charge on any atom is 0.167 e. The van der Waals surface area contributed by atoms with Crippen LogP contribution in [0.4, 0.5) is 0 Å². The van der Waals surface area contributed by atoms with E-state index in [4.69, 9.17) is 0 Å². The number of hydrogen-bond acceptors (Lipinski definition) is 4. The van der Waals surface area contributed by atoms with Gasteiger partial charge in [0.1, 0.15) is 7.14 Å².